The Balaban J connectivity index is 0.00000264. The number of hydrogen-bond donors (Lipinski definition) is 2. The molecule has 2 N–H and O–H groups in total. The van der Waals surface area contributed by atoms with Gasteiger partial charge in [-0.05, 0) is 43.5 Å². The molecular weight excluding hydrogens is 399 g/mol. The lowest BCUT2D eigenvalue weighted by Gasteiger charge is -2.12. The molecule has 4 nitrogen and oxygen atoms in total. The van der Waals surface area contributed by atoms with Gasteiger partial charge in [-0.15, -0.1) is 24.0 Å². The Labute approximate surface area is 155 Å². The summed E-state index contributed by atoms with van der Waals surface area (Å²) in [5, 5.41) is 6.61. The van der Waals surface area contributed by atoms with Crippen LogP contribution in [-0.4, -0.2) is 24.5 Å². The molecule has 0 spiro atoms. The Morgan fingerprint density at radius 2 is 1.96 bits per heavy atom. The first-order valence-electron chi connectivity index (χ1n) is 7.59. The van der Waals surface area contributed by atoms with E-state index in [0.717, 1.165) is 24.6 Å². The van der Waals surface area contributed by atoms with Gasteiger partial charge in [-0.1, -0.05) is 29.8 Å². The SMILES string of the molecule is CN=C(NCCc1ccc(C)cc1C)NCc1ccccn1.I. The summed E-state index contributed by atoms with van der Waals surface area (Å²) in [5.74, 6) is 0.801. The van der Waals surface area contributed by atoms with Crippen LogP contribution in [0.1, 0.15) is 22.4 Å². The first-order chi connectivity index (χ1) is 10.7. The smallest absolute Gasteiger partial charge is 0.191 e. The number of guanidine groups is 1. The van der Waals surface area contributed by atoms with Crippen molar-refractivity contribution < 1.29 is 0 Å². The first kappa shape index (κ1) is 19.4. The van der Waals surface area contributed by atoms with E-state index in [0.29, 0.717) is 6.54 Å². The lowest BCUT2D eigenvalue weighted by Crippen LogP contribution is -2.38. The molecule has 0 amide bonds. The van der Waals surface area contributed by atoms with Crippen LogP contribution in [0.4, 0.5) is 0 Å². The maximum absolute atomic E-state index is 4.29. The van der Waals surface area contributed by atoms with Crippen molar-refractivity contribution in [3.05, 3.63) is 65.0 Å². The molecule has 124 valence electrons. The molecule has 23 heavy (non-hydrogen) atoms. The fourth-order valence-corrected chi connectivity index (χ4v) is 2.34. The Bertz CT molecular complexity index is 626. The zero-order valence-electron chi connectivity index (χ0n) is 14.0. The third-order valence-corrected chi connectivity index (χ3v) is 3.57. The summed E-state index contributed by atoms with van der Waals surface area (Å²) < 4.78 is 0. The molecule has 1 aromatic carbocycles. The highest BCUT2D eigenvalue weighted by atomic mass is 127. The first-order valence-corrected chi connectivity index (χ1v) is 7.59. The van der Waals surface area contributed by atoms with E-state index < -0.39 is 0 Å². The molecule has 0 radical (unpaired) electrons. The molecule has 1 heterocycles. The van der Waals surface area contributed by atoms with Gasteiger partial charge in [0.05, 0.1) is 12.2 Å². The minimum Gasteiger partial charge on any atom is -0.356 e. The number of benzene rings is 1. The van der Waals surface area contributed by atoms with E-state index >= 15 is 0 Å². The largest absolute Gasteiger partial charge is 0.356 e. The average molecular weight is 424 g/mol. The van der Waals surface area contributed by atoms with Crippen molar-refractivity contribution >= 4 is 29.9 Å². The number of rotatable bonds is 5. The van der Waals surface area contributed by atoms with Crippen LogP contribution in [0.5, 0.6) is 0 Å². The molecule has 1 aromatic heterocycles. The van der Waals surface area contributed by atoms with E-state index in [4.69, 9.17) is 0 Å². The lowest BCUT2D eigenvalue weighted by atomic mass is 10.0. The topological polar surface area (TPSA) is 49.3 Å². The van der Waals surface area contributed by atoms with Gasteiger partial charge < -0.3 is 10.6 Å². The molecule has 0 fully saturated rings. The van der Waals surface area contributed by atoms with Crippen LogP contribution in [0.25, 0.3) is 0 Å². The van der Waals surface area contributed by atoms with Gasteiger partial charge in [0.2, 0.25) is 0 Å². The predicted octanol–water partition coefficient (Wildman–Crippen LogP) is 3.22. The monoisotopic (exact) mass is 424 g/mol. The van der Waals surface area contributed by atoms with Gasteiger partial charge in [0.15, 0.2) is 5.96 Å². The maximum Gasteiger partial charge on any atom is 0.191 e. The molecular formula is C18H25IN4. The van der Waals surface area contributed by atoms with Gasteiger partial charge in [0.25, 0.3) is 0 Å². The summed E-state index contributed by atoms with van der Waals surface area (Å²) >= 11 is 0. The van der Waals surface area contributed by atoms with Crippen molar-refractivity contribution in [2.75, 3.05) is 13.6 Å². The highest BCUT2D eigenvalue weighted by Gasteiger charge is 2.01. The maximum atomic E-state index is 4.29. The number of aliphatic imine (C=N–C) groups is 1. The number of pyridine rings is 1. The second-order valence-electron chi connectivity index (χ2n) is 5.35. The van der Waals surface area contributed by atoms with Gasteiger partial charge in [-0.3, -0.25) is 9.98 Å². The van der Waals surface area contributed by atoms with E-state index in [1.54, 1.807) is 13.2 Å². The van der Waals surface area contributed by atoms with Crippen molar-refractivity contribution in [2.45, 2.75) is 26.8 Å². The Kier molecular flexibility index (Phi) is 8.61. The molecule has 0 atom stereocenters. The average Bonchev–Trinajstić information content (AvgIpc) is 2.53. The van der Waals surface area contributed by atoms with Crippen LogP contribution in [-0.2, 0) is 13.0 Å². The van der Waals surface area contributed by atoms with Crippen LogP contribution in [0.2, 0.25) is 0 Å². The number of aryl methyl sites for hydroxylation is 2. The fourth-order valence-electron chi connectivity index (χ4n) is 2.34. The predicted molar refractivity (Wildman–Crippen MR) is 107 cm³/mol. The normalized spacial score (nSPS) is 10.8. The van der Waals surface area contributed by atoms with Crippen molar-refractivity contribution in [3.8, 4) is 0 Å². The number of hydrogen-bond acceptors (Lipinski definition) is 2. The Hall–Kier alpha value is -1.63. The highest BCUT2D eigenvalue weighted by molar-refractivity contribution is 14.0. The fraction of sp³-hybridized carbons (Fsp3) is 0.333. The standard InChI is InChI=1S/C18H24N4.HI/c1-14-7-8-16(15(2)12-14)9-11-21-18(19-3)22-13-17-6-4-5-10-20-17;/h4-8,10,12H,9,11,13H2,1-3H3,(H2,19,21,22);1H. The molecule has 2 rings (SSSR count). The minimum absolute atomic E-state index is 0. The van der Waals surface area contributed by atoms with Crippen molar-refractivity contribution in [1.29, 1.82) is 0 Å². The molecule has 0 aliphatic heterocycles. The van der Waals surface area contributed by atoms with Crippen LogP contribution >= 0.6 is 24.0 Å². The van der Waals surface area contributed by atoms with Gasteiger partial charge in [0.1, 0.15) is 0 Å². The van der Waals surface area contributed by atoms with Crippen molar-refractivity contribution in [2.24, 2.45) is 4.99 Å². The molecule has 0 bridgehead atoms. The summed E-state index contributed by atoms with van der Waals surface area (Å²) in [6, 6.07) is 12.5. The molecule has 0 saturated heterocycles. The zero-order valence-corrected chi connectivity index (χ0v) is 16.3. The van der Waals surface area contributed by atoms with E-state index in [2.05, 4.69) is 52.7 Å². The molecule has 0 unspecified atom stereocenters. The van der Waals surface area contributed by atoms with Gasteiger partial charge in [-0.2, -0.15) is 0 Å². The zero-order chi connectivity index (χ0) is 15.8. The summed E-state index contributed by atoms with van der Waals surface area (Å²) in [7, 11) is 1.78. The minimum atomic E-state index is 0. The van der Waals surface area contributed by atoms with E-state index in [9.17, 15) is 0 Å². The molecule has 2 aromatic rings. The van der Waals surface area contributed by atoms with Crippen LogP contribution in [0, 0.1) is 13.8 Å². The second-order valence-corrected chi connectivity index (χ2v) is 5.35. The molecule has 0 aliphatic rings. The third kappa shape index (κ3) is 6.56. The summed E-state index contributed by atoms with van der Waals surface area (Å²) in [5.41, 5.74) is 5.03. The molecule has 5 heteroatoms. The van der Waals surface area contributed by atoms with E-state index in [-0.39, 0.29) is 24.0 Å². The van der Waals surface area contributed by atoms with Gasteiger partial charge in [-0.25, -0.2) is 0 Å². The summed E-state index contributed by atoms with van der Waals surface area (Å²) in [6.07, 6.45) is 2.78. The van der Waals surface area contributed by atoms with E-state index in [1.165, 1.54) is 16.7 Å². The van der Waals surface area contributed by atoms with Crippen LogP contribution in [0.15, 0.2) is 47.6 Å². The van der Waals surface area contributed by atoms with Gasteiger partial charge >= 0.3 is 0 Å². The Morgan fingerprint density at radius 3 is 2.61 bits per heavy atom. The van der Waals surface area contributed by atoms with Gasteiger partial charge in [0, 0.05) is 19.8 Å². The highest BCUT2D eigenvalue weighted by Crippen LogP contribution is 2.10. The van der Waals surface area contributed by atoms with Crippen molar-refractivity contribution in [1.82, 2.24) is 15.6 Å². The molecule has 0 saturated carbocycles. The van der Waals surface area contributed by atoms with E-state index in [1.807, 2.05) is 18.2 Å². The number of aromatic nitrogens is 1. The van der Waals surface area contributed by atoms with Crippen LogP contribution < -0.4 is 10.6 Å². The Morgan fingerprint density at radius 1 is 1.13 bits per heavy atom. The molecule has 0 aliphatic carbocycles. The quantitative estimate of drug-likeness (QED) is 0.440. The lowest BCUT2D eigenvalue weighted by molar-refractivity contribution is 0.782. The number of nitrogens with one attached hydrogen (secondary N) is 2. The number of nitrogens with zero attached hydrogens (tertiary/aromatic N) is 2. The second kappa shape index (κ2) is 10.2. The van der Waals surface area contributed by atoms with Crippen LogP contribution in [0.3, 0.4) is 0 Å². The van der Waals surface area contributed by atoms with Crippen molar-refractivity contribution in [3.63, 3.8) is 0 Å². The number of halogens is 1. The summed E-state index contributed by atoms with van der Waals surface area (Å²) in [4.78, 5) is 8.52. The third-order valence-electron chi connectivity index (χ3n) is 3.57. The summed E-state index contributed by atoms with van der Waals surface area (Å²) in [6.45, 7) is 5.81.